The van der Waals surface area contributed by atoms with Gasteiger partial charge in [0.2, 0.25) is 15.9 Å². The van der Waals surface area contributed by atoms with Gasteiger partial charge in [-0.1, -0.05) is 12.1 Å². The van der Waals surface area contributed by atoms with Crippen molar-refractivity contribution in [2.75, 3.05) is 19.4 Å². The average Bonchev–Trinajstić information content (AvgIpc) is 3.11. The van der Waals surface area contributed by atoms with E-state index < -0.39 is 16.1 Å². The van der Waals surface area contributed by atoms with Crippen LogP contribution in [0.25, 0.3) is 0 Å². The van der Waals surface area contributed by atoms with Gasteiger partial charge in [-0.25, -0.2) is 12.7 Å². The predicted molar refractivity (Wildman–Crippen MR) is 106 cm³/mol. The number of rotatable bonds is 7. The minimum atomic E-state index is -3.55. The van der Waals surface area contributed by atoms with E-state index in [0.717, 1.165) is 14.7 Å². The van der Waals surface area contributed by atoms with E-state index in [9.17, 15) is 13.2 Å². The molecule has 26 heavy (non-hydrogen) atoms. The van der Waals surface area contributed by atoms with Crippen LogP contribution in [0.15, 0.2) is 40.6 Å². The Morgan fingerprint density at radius 3 is 2.46 bits per heavy atom. The molecule has 0 saturated heterocycles. The average molecular weight is 396 g/mol. The van der Waals surface area contributed by atoms with Crippen molar-refractivity contribution >= 4 is 33.0 Å². The van der Waals surface area contributed by atoms with Gasteiger partial charge in [-0.05, 0) is 49.9 Å². The lowest BCUT2D eigenvalue weighted by atomic mass is 10.2. The summed E-state index contributed by atoms with van der Waals surface area (Å²) in [7, 11) is -0.598. The van der Waals surface area contributed by atoms with E-state index in [1.54, 1.807) is 30.4 Å². The number of hydrogen-bond acceptors (Lipinski definition) is 5. The Bertz CT molecular complexity index is 862. The molecule has 0 unspecified atom stereocenters. The zero-order valence-electron chi connectivity index (χ0n) is 15.6. The van der Waals surface area contributed by atoms with Gasteiger partial charge in [0.1, 0.15) is 0 Å². The molecule has 2 N–H and O–H groups in total. The van der Waals surface area contributed by atoms with Crippen LogP contribution in [0.1, 0.15) is 30.3 Å². The molecule has 1 aromatic carbocycles. The molecule has 2 atom stereocenters. The van der Waals surface area contributed by atoms with Gasteiger partial charge in [0, 0.05) is 30.7 Å². The van der Waals surface area contributed by atoms with E-state index in [4.69, 9.17) is 0 Å². The molecule has 1 amide bonds. The Morgan fingerprint density at radius 1 is 1.19 bits per heavy atom. The van der Waals surface area contributed by atoms with Gasteiger partial charge < -0.3 is 5.32 Å². The number of amides is 1. The van der Waals surface area contributed by atoms with Gasteiger partial charge in [0.25, 0.3) is 0 Å². The van der Waals surface area contributed by atoms with Crippen molar-refractivity contribution in [2.45, 2.75) is 37.8 Å². The van der Waals surface area contributed by atoms with Gasteiger partial charge in [0.15, 0.2) is 0 Å². The monoisotopic (exact) mass is 395 g/mol. The van der Waals surface area contributed by atoms with Crippen LogP contribution in [-0.4, -0.2) is 38.8 Å². The Balaban J connectivity index is 2.13. The lowest BCUT2D eigenvalue weighted by Gasteiger charge is -2.20. The molecular weight excluding hydrogens is 370 g/mol. The standard InChI is InChI=1S/C18H25N3O3S2/c1-12-8-9-15(26(23,24)21(4)5)11-16(12)20-18(22)14(3)19-13(2)17-7-6-10-25-17/h6-11,13-14,19H,1-5H3,(H,20,22)/t13-,14+/m1/s1. The Morgan fingerprint density at radius 2 is 1.88 bits per heavy atom. The van der Waals surface area contributed by atoms with Crippen LogP contribution >= 0.6 is 11.3 Å². The zero-order chi connectivity index (χ0) is 19.5. The summed E-state index contributed by atoms with van der Waals surface area (Å²) < 4.78 is 25.7. The molecule has 0 saturated carbocycles. The molecule has 0 aliphatic carbocycles. The fourth-order valence-corrected chi connectivity index (χ4v) is 4.09. The summed E-state index contributed by atoms with van der Waals surface area (Å²) in [6.45, 7) is 5.62. The van der Waals surface area contributed by atoms with Gasteiger partial charge in [-0.2, -0.15) is 0 Å². The molecule has 0 fully saturated rings. The number of benzene rings is 1. The first-order valence-electron chi connectivity index (χ1n) is 8.26. The normalized spacial score (nSPS) is 14.2. The first-order valence-corrected chi connectivity index (χ1v) is 10.6. The van der Waals surface area contributed by atoms with Crippen LogP contribution in [0.2, 0.25) is 0 Å². The number of thiophene rings is 1. The summed E-state index contributed by atoms with van der Waals surface area (Å²) in [5.74, 6) is -0.212. The Labute approximate surface area is 159 Å². The maximum absolute atomic E-state index is 12.5. The van der Waals surface area contributed by atoms with Crippen molar-refractivity contribution in [3.05, 3.63) is 46.2 Å². The van der Waals surface area contributed by atoms with Crippen LogP contribution in [0.4, 0.5) is 5.69 Å². The number of nitrogens with one attached hydrogen (secondary N) is 2. The van der Waals surface area contributed by atoms with Crippen LogP contribution < -0.4 is 10.6 Å². The lowest BCUT2D eigenvalue weighted by Crippen LogP contribution is -2.39. The second-order valence-electron chi connectivity index (χ2n) is 6.38. The van der Waals surface area contributed by atoms with E-state index in [-0.39, 0.29) is 16.8 Å². The molecular formula is C18H25N3O3S2. The van der Waals surface area contributed by atoms with Crippen LogP contribution in [0.3, 0.4) is 0 Å². The molecule has 0 spiro atoms. The number of hydrogen-bond donors (Lipinski definition) is 2. The third kappa shape index (κ3) is 4.70. The van der Waals surface area contributed by atoms with Gasteiger partial charge in [0.05, 0.1) is 10.9 Å². The van der Waals surface area contributed by atoms with E-state index in [2.05, 4.69) is 10.6 Å². The van der Waals surface area contributed by atoms with Crippen LogP contribution in [0, 0.1) is 6.92 Å². The van der Waals surface area contributed by atoms with Gasteiger partial charge in [-0.15, -0.1) is 11.3 Å². The number of anilines is 1. The molecule has 0 radical (unpaired) electrons. The summed E-state index contributed by atoms with van der Waals surface area (Å²) in [6.07, 6.45) is 0. The van der Waals surface area contributed by atoms with Crippen molar-refractivity contribution in [1.29, 1.82) is 0 Å². The van der Waals surface area contributed by atoms with Crippen molar-refractivity contribution in [3.63, 3.8) is 0 Å². The summed E-state index contributed by atoms with van der Waals surface area (Å²) in [4.78, 5) is 13.8. The number of aryl methyl sites for hydroxylation is 1. The molecule has 142 valence electrons. The minimum absolute atomic E-state index is 0.0531. The number of nitrogens with zero attached hydrogens (tertiary/aromatic N) is 1. The molecule has 0 aliphatic rings. The highest BCUT2D eigenvalue weighted by molar-refractivity contribution is 7.89. The zero-order valence-corrected chi connectivity index (χ0v) is 17.2. The molecule has 6 nitrogen and oxygen atoms in total. The summed E-state index contributed by atoms with van der Waals surface area (Å²) in [5, 5.41) is 8.09. The SMILES string of the molecule is Cc1ccc(S(=O)(=O)N(C)C)cc1NC(=O)[C@H](C)N[C@H](C)c1cccs1. The summed E-state index contributed by atoms with van der Waals surface area (Å²) >= 11 is 1.63. The highest BCUT2D eigenvalue weighted by Gasteiger charge is 2.21. The minimum Gasteiger partial charge on any atom is -0.324 e. The topological polar surface area (TPSA) is 78.5 Å². The highest BCUT2D eigenvalue weighted by Crippen LogP contribution is 2.23. The second kappa shape index (κ2) is 8.30. The highest BCUT2D eigenvalue weighted by atomic mass is 32.2. The number of sulfonamides is 1. The van der Waals surface area contributed by atoms with E-state index in [0.29, 0.717) is 5.69 Å². The first kappa shape index (κ1) is 20.6. The van der Waals surface area contributed by atoms with Gasteiger partial charge in [-0.3, -0.25) is 10.1 Å². The molecule has 0 aliphatic heterocycles. The molecule has 2 aromatic rings. The van der Waals surface area contributed by atoms with E-state index in [1.165, 1.54) is 20.2 Å². The number of carbonyl (C=O) groups excluding carboxylic acids is 1. The maximum Gasteiger partial charge on any atom is 0.242 e. The fourth-order valence-electron chi connectivity index (χ4n) is 2.42. The molecule has 2 rings (SSSR count). The lowest BCUT2D eigenvalue weighted by molar-refractivity contribution is -0.117. The Hall–Kier alpha value is -1.74. The summed E-state index contributed by atoms with van der Waals surface area (Å²) in [5.41, 5.74) is 1.30. The maximum atomic E-state index is 12.5. The van der Waals surface area contributed by atoms with E-state index in [1.807, 2.05) is 31.4 Å². The van der Waals surface area contributed by atoms with Crippen molar-refractivity contribution in [1.82, 2.24) is 9.62 Å². The van der Waals surface area contributed by atoms with Crippen molar-refractivity contribution < 1.29 is 13.2 Å². The Kier molecular flexibility index (Phi) is 6.57. The molecule has 0 bridgehead atoms. The molecule has 8 heteroatoms. The third-order valence-electron chi connectivity index (χ3n) is 4.11. The van der Waals surface area contributed by atoms with Gasteiger partial charge >= 0.3 is 0 Å². The van der Waals surface area contributed by atoms with Crippen LogP contribution in [0.5, 0.6) is 0 Å². The first-order chi connectivity index (χ1) is 12.1. The molecule has 1 heterocycles. The largest absolute Gasteiger partial charge is 0.324 e. The smallest absolute Gasteiger partial charge is 0.242 e. The second-order valence-corrected chi connectivity index (χ2v) is 9.51. The van der Waals surface area contributed by atoms with Crippen LogP contribution in [-0.2, 0) is 14.8 Å². The summed E-state index contributed by atoms with van der Waals surface area (Å²) in [6, 6.07) is 8.35. The van der Waals surface area contributed by atoms with Crippen molar-refractivity contribution in [2.24, 2.45) is 0 Å². The third-order valence-corrected chi connectivity index (χ3v) is 6.97. The molecule has 1 aromatic heterocycles. The fraction of sp³-hybridized carbons (Fsp3) is 0.389. The van der Waals surface area contributed by atoms with E-state index >= 15 is 0 Å². The number of carbonyl (C=O) groups is 1. The quantitative estimate of drug-likeness (QED) is 0.755. The van der Waals surface area contributed by atoms with Crippen molar-refractivity contribution in [3.8, 4) is 0 Å². The predicted octanol–water partition coefficient (Wildman–Crippen LogP) is 2.98.